The Balaban J connectivity index is 2.16. The van der Waals surface area contributed by atoms with Crippen LogP contribution in [0.1, 0.15) is 10.8 Å². The van der Waals surface area contributed by atoms with E-state index < -0.39 is 0 Å². The lowest BCUT2D eigenvalue weighted by Crippen LogP contribution is -1.94. The lowest BCUT2D eigenvalue weighted by molar-refractivity contribution is -0.107. The first-order chi connectivity index (χ1) is 7.90. The molecule has 1 unspecified atom stereocenters. The summed E-state index contributed by atoms with van der Waals surface area (Å²) >= 11 is 1.57. The van der Waals surface area contributed by atoms with E-state index in [0.29, 0.717) is 0 Å². The van der Waals surface area contributed by atoms with Gasteiger partial charge in [0.1, 0.15) is 6.29 Å². The molecule has 0 saturated heterocycles. The van der Waals surface area contributed by atoms with Crippen molar-refractivity contribution in [3.05, 3.63) is 66.2 Å². The van der Waals surface area contributed by atoms with Crippen LogP contribution in [-0.4, -0.2) is 6.29 Å². The van der Waals surface area contributed by atoms with Gasteiger partial charge in [0.25, 0.3) is 0 Å². The Kier molecular flexibility index (Phi) is 3.78. The van der Waals surface area contributed by atoms with Crippen LogP contribution in [0.25, 0.3) is 0 Å². The fourth-order valence-corrected chi connectivity index (χ4v) is 2.42. The van der Waals surface area contributed by atoms with Crippen molar-refractivity contribution < 1.29 is 4.79 Å². The predicted molar refractivity (Wildman–Crippen MR) is 67.5 cm³/mol. The molecule has 0 bridgehead atoms. The minimum Gasteiger partial charge on any atom is -0.302 e. The van der Waals surface area contributed by atoms with Gasteiger partial charge in [-0.1, -0.05) is 48.5 Å². The van der Waals surface area contributed by atoms with Crippen molar-refractivity contribution >= 4 is 18.0 Å². The number of rotatable bonds is 4. The van der Waals surface area contributed by atoms with E-state index >= 15 is 0 Å². The van der Waals surface area contributed by atoms with E-state index in [2.05, 4.69) is 0 Å². The topological polar surface area (TPSA) is 17.1 Å². The highest BCUT2D eigenvalue weighted by Gasteiger charge is 2.10. The molecule has 2 heteroatoms. The van der Waals surface area contributed by atoms with Crippen LogP contribution >= 0.6 is 11.8 Å². The molecule has 16 heavy (non-hydrogen) atoms. The van der Waals surface area contributed by atoms with Gasteiger partial charge in [-0.15, -0.1) is 11.8 Å². The van der Waals surface area contributed by atoms with Crippen molar-refractivity contribution in [1.82, 2.24) is 0 Å². The highest BCUT2D eigenvalue weighted by Crippen LogP contribution is 2.33. The number of aldehydes is 1. The van der Waals surface area contributed by atoms with Crippen molar-refractivity contribution in [3.63, 3.8) is 0 Å². The van der Waals surface area contributed by atoms with Crippen molar-refractivity contribution in [2.45, 2.75) is 10.1 Å². The first-order valence-electron chi connectivity index (χ1n) is 5.12. The summed E-state index contributed by atoms with van der Waals surface area (Å²) in [4.78, 5) is 12.2. The largest absolute Gasteiger partial charge is 0.302 e. The van der Waals surface area contributed by atoms with E-state index in [1.54, 1.807) is 11.8 Å². The van der Waals surface area contributed by atoms with Gasteiger partial charge in [-0.05, 0) is 17.7 Å². The zero-order valence-corrected chi connectivity index (χ0v) is 9.56. The van der Waals surface area contributed by atoms with Crippen LogP contribution in [-0.2, 0) is 4.79 Å². The molecular weight excluding hydrogens is 216 g/mol. The normalized spacial score (nSPS) is 12.0. The minimum atomic E-state index is -0.122. The van der Waals surface area contributed by atoms with Crippen LogP contribution in [0.5, 0.6) is 0 Å². The minimum absolute atomic E-state index is 0.122. The average Bonchev–Trinajstić information content (AvgIpc) is 2.38. The second-order valence-electron chi connectivity index (χ2n) is 3.40. The molecule has 80 valence electrons. The monoisotopic (exact) mass is 228 g/mol. The van der Waals surface area contributed by atoms with Gasteiger partial charge in [0.05, 0.1) is 5.25 Å². The fourth-order valence-electron chi connectivity index (χ4n) is 1.46. The SMILES string of the molecule is O=CC(Sc1ccccc1)c1ccccc1. The Labute approximate surface area is 99.5 Å². The van der Waals surface area contributed by atoms with Gasteiger partial charge in [-0.2, -0.15) is 0 Å². The number of hydrogen-bond donors (Lipinski definition) is 0. The summed E-state index contributed by atoms with van der Waals surface area (Å²) in [5.74, 6) is 0. The molecule has 2 rings (SSSR count). The van der Waals surface area contributed by atoms with Crippen LogP contribution < -0.4 is 0 Å². The highest BCUT2D eigenvalue weighted by molar-refractivity contribution is 8.00. The first kappa shape index (κ1) is 11.0. The second kappa shape index (κ2) is 5.52. The Bertz CT molecular complexity index is 439. The molecule has 2 aromatic carbocycles. The highest BCUT2D eigenvalue weighted by atomic mass is 32.2. The molecule has 1 atom stereocenters. The summed E-state index contributed by atoms with van der Waals surface area (Å²) in [5, 5.41) is -0.122. The summed E-state index contributed by atoms with van der Waals surface area (Å²) < 4.78 is 0. The number of hydrogen-bond acceptors (Lipinski definition) is 2. The maximum atomic E-state index is 11.1. The molecule has 0 fully saturated rings. The van der Waals surface area contributed by atoms with E-state index in [9.17, 15) is 4.79 Å². The van der Waals surface area contributed by atoms with E-state index in [4.69, 9.17) is 0 Å². The van der Waals surface area contributed by atoms with Crippen LogP contribution in [0, 0.1) is 0 Å². The van der Waals surface area contributed by atoms with Crippen molar-refractivity contribution in [2.75, 3.05) is 0 Å². The third-order valence-electron chi connectivity index (χ3n) is 2.26. The molecule has 0 aromatic heterocycles. The van der Waals surface area contributed by atoms with Gasteiger partial charge >= 0.3 is 0 Å². The zero-order chi connectivity index (χ0) is 11.2. The third kappa shape index (κ3) is 2.74. The van der Waals surface area contributed by atoms with Gasteiger partial charge in [0.2, 0.25) is 0 Å². The quantitative estimate of drug-likeness (QED) is 0.586. The zero-order valence-electron chi connectivity index (χ0n) is 8.74. The van der Waals surface area contributed by atoms with E-state index in [0.717, 1.165) is 16.7 Å². The number of benzene rings is 2. The third-order valence-corrected chi connectivity index (χ3v) is 3.44. The van der Waals surface area contributed by atoms with Crippen LogP contribution in [0.15, 0.2) is 65.6 Å². The van der Waals surface area contributed by atoms with Crippen molar-refractivity contribution in [3.8, 4) is 0 Å². The molecule has 0 aliphatic carbocycles. The Morgan fingerprint density at radius 3 is 2.00 bits per heavy atom. The summed E-state index contributed by atoms with van der Waals surface area (Å²) in [6.45, 7) is 0. The summed E-state index contributed by atoms with van der Waals surface area (Å²) in [6.07, 6.45) is 0.993. The molecule has 0 amide bonds. The maximum Gasteiger partial charge on any atom is 0.137 e. The molecule has 0 aliphatic rings. The van der Waals surface area contributed by atoms with Gasteiger partial charge < -0.3 is 4.79 Å². The smallest absolute Gasteiger partial charge is 0.137 e. The molecule has 1 nitrogen and oxygen atoms in total. The van der Waals surface area contributed by atoms with E-state index in [1.807, 2.05) is 60.7 Å². The van der Waals surface area contributed by atoms with Gasteiger partial charge in [0, 0.05) is 4.90 Å². The number of carbonyl (C=O) groups excluding carboxylic acids is 1. The summed E-state index contributed by atoms with van der Waals surface area (Å²) in [5.41, 5.74) is 1.05. The average molecular weight is 228 g/mol. The standard InChI is InChI=1S/C14H12OS/c15-11-14(12-7-3-1-4-8-12)16-13-9-5-2-6-10-13/h1-11,14H. The fraction of sp³-hybridized carbons (Fsp3) is 0.0714. The Morgan fingerprint density at radius 1 is 0.875 bits per heavy atom. The molecule has 0 saturated carbocycles. The maximum absolute atomic E-state index is 11.1. The molecule has 0 radical (unpaired) electrons. The number of thioether (sulfide) groups is 1. The molecular formula is C14H12OS. The van der Waals surface area contributed by atoms with E-state index in [-0.39, 0.29) is 5.25 Å². The van der Waals surface area contributed by atoms with Gasteiger partial charge in [0.15, 0.2) is 0 Å². The van der Waals surface area contributed by atoms with Crippen LogP contribution in [0.3, 0.4) is 0 Å². The van der Waals surface area contributed by atoms with Crippen molar-refractivity contribution in [2.24, 2.45) is 0 Å². The predicted octanol–water partition coefficient (Wildman–Crippen LogP) is 3.72. The molecule has 0 aliphatic heterocycles. The lowest BCUT2D eigenvalue weighted by atomic mass is 10.2. The van der Waals surface area contributed by atoms with Crippen LogP contribution in [0.2, 0.25) is 0 Å². The molecule has 2 aromatic rings. The number of carbonyl (C=O) groups is 1. The summed E-state index contributed by atoms with van der Waals surface area (Å²) in [6, 6.07) is 19.8. The first-order valence-corrected chi connectivity index (χ1v) is 6.00. The van der Waals surface area contributed by atoms with Crippen molar-refractivity contribution in [1.29, 1.82) is 0 Å². The Morgan fingerprint density at radius 2 is 1.44 bits per heavy atom. The molecule has 0 heterocycles. The molecule has 0 spiro atoms. The lowest BCUT2D eigenvalue weighted by Gasteiger charge is -2.09. The van der Waals surface area contributed by atoms with Gasteiger partial charge in [-0.3, -0.25) is 0 Å². The second-order valence-corrected chi connectivity index (χ2v) is 4.61. The van der Waals surface area contributed by atoms with Gasteiger partial charge in [-0.25, -0.2) is 0 Å². The van der Waals surface area contributed by atoms with E-state index in [1.165, 1.54) is 0 Å². The summed E-state index contributed by atoms with van der Waals surface area (Å²) in [7, 11) is 0. The Hall–Kier alpha value is -1.54. The molecule has 0 N–H and O–H groups in total. The van der Waals surface area contributed by atoms with Crippen LogP contribution in [0.4, 0.5) is 0 Å².